The summed E-state index contributed by atoms with van der Waals surface area (Å²) in [7, 11) is 0. The zero-order valence-corrected chi connectivity index (χ0v) is 11.3. The first kappa shape index (κ1) is 14.1. The molecular formula is C14H20O5. The van der Waals surface area contributed by atoms with Crippen molar-refractivity contribution in [2.24, 2.45) is 11.8 Å². The first-order valence-electron chi connectivity index (χ1n) is 6.86. The van der Waals surface area contributed by atoms with Crippen LogP contribution in [0, 0.1) is 11.8 Å². The van der Waals surface area contributed by atoms with E-state index in [9.17, 15) is 9.59 Å². The number of fused-ring (bicyclic) bond motifs is 2. The highest BCUT2D eigenvalue weighted by atomic mass is 16.6. The number of carbonyl (C=O) groups excluding carboxylic acids is 2. The maximum atomic E-state index is 12.0. The van der Waals surface area contributed by atoms with Gasteiger partial charge in [-0.25, -0.2) is 0 Å². The van der Waals surface area contributed by atoms with Crippen molar-refractivity contribution in [1.29, 1.82) is 0 Å². The first-order valence-corrected chi connectivity index (χ1v) is 6.86. The molecule has 0 saturated carbocycles. The second kappa shape index (κ2) is 6.19. The van der Waals surface area contributed by atoms with E-state index in [0.29, 0.717) is 13.2 Å². The van der Waals surface area contributed by atoms with Crippen molar-refractivity contribution in [1.82, 2.24) is 0 Å². The number of hydrogen-bond donors (Lipinski definition) is 0. The largest absolute Gasteiger partial charge is 0.465 e. The number of ether oxygens (including phenoxy) is 3. The third kappa shape index (κ3) is 2.81. The molecule has 2 bridgehead atoms. The van der Waals surface area contributed by atoms with Gasteiger partial charge in [-0.05, 0) is 12.8 Å². The predicted molar refractivity (Wildman–Crippen MR) is 67.3 cm³/mol. The fourth-order valence-corrected chi connectivity index (χ4v) is 2.47. The lowest BCUT2D eigenvalue weighted by Crippen LogP contribution is -2.38. The normalized spacial score (nSPS) is 31.5. The van der Waals surface area contributed by atoms with Crippen molar-refractivity contribution < 1.29 is 23.8 Å². The van der Waals surface area contributed by atoms with E-state index in [4.69, 9.17) is 14.2 Å². The molecule has 5 nitrogen and oxygen atoms in total. The summed E-state index contributed by atoms with van der Waals surface area (Å²) in [5, 5.41) is 0. The zero-order chi connectivity index (χ0) is 13.8. The molecule has 2 rings (SSSR count). The smallest absolute Gasteiger partial charge is 0.312 e. The molecule has 2 aliphatic rings. The average molecular weight is 268 g/mol. The first-order chi connectivity index (χ1) is 9.19. The molecule has 1 saturated heterocycles. The van der Waals surface area contributed by atoms with E-state index in [1.807, 2.05) is 26.0 Å². The standard InChI is InChI=1S/C14H20O5/c1-3-7-17-13(15)11-9-5-6-10(19-9)12(11)14(16)18-8-4-2/h5-6,9-12H,3-4,7-8H2,1-2H3. The van der Waals surface area contributed by atoms with Gasteiger partial charge in [0.1, 0.15) is 11.8 Å². The van der Waals surface area contributed by atoms with Crippen molar-refractivity contribution in [3.8, 4) is 0 Å². The van der Waals surface area contributed by atoms with Crippen LogP contribution in [0.3, 0.4) is 0 Å². The summed E-state index contributed by atoms with van der Waals surface area (Å²) in [6.07, 6.45) is 4.46. The van der Waals surface area contributed by atoms with Crippen LogP contribution in [0.1, 0.15) is 26.7 Å². The molecule has 0 aromatic rings. The minimum atomic E-state index is -0.564. The second-order valence-corrected chi connectivity index (χ2v) is 4.84. The van der Waals surface area contributed by atoms with Crippen molar-refractivity contribution in [2.45, 2.75) is 38.9 Å². The predicted octanol–water partition coefficient (Wildman–Crippen LogP) is 1.46. The monoisotopic (exact) mass is 268 g/mol. The fraction of sp³-hybridized carbons (Fsp3) is 0.714. The van der Waals surface area contributed by atoms with Gasteiger partial charge in [0.05, 0.1) is 25.4 Å². The number of hydrogen-bond acceptors (Lipinski definition) is 5. The van der Waals surface area contributed by atoms with Gasteiger partial charge in [-0.1, -0.05) is 26.0 Å². The van der Waals surface area contributed by atoms with Crippen LogP contribution in [0.5, 0.6) is 0 Å². The highest BCUT2D eigenvalue weighted by Gasteiger charge is 2.54. The average Bonchev–Trinajstić information content (AvgIpc) is 3.02. The number of esters is 2. The van der Waals surface area contributed by atoms with Crippen LogP contribution in [0.25, 0.3) is 0 Å². The van der Waals surface area contributed by atoms with E-state index >= 15 is 0 Å². The minimum Gasteiger partial charge on any atom is -0.465 e. The van der Waals surface area contributed by atoms with Crippen molar-refractivity contribution in [3.05, 3.63) is 12.2 Å². The van der Waals surface area contributed by atoms with Crippen LogP contribution >= 0.6 is 0 Å². The molecule has 0 aromatic carbocycles. The van der Waals surface area contributed by atoms with E-state index in [1.165, 1.54) is 0 Å². The Labute approximate surface area is 112 Å². The minimum absolute atomic E-state index is 0.353. The summed E-state index contributed by atoms with van der Waals surface area (Å²) in [4.78, 5) is 24.1. The van der Waals surface area contributed by atoms with Gasteiger partial charge in [-0.2, -0.15) is 0 Å². The Balaban J connectivity index is 2.04. The molecule has 0 radical (unpaired) electrons. The van der Waals surface area contributed by atoms with E-state index in [-0.39, 0.29) is 24.1 Å². The quantitative estimate of drug-likeness (QED) is 0.539. The van der Waals surface area contributed by atoms with Crippen LogP contribution < -0.4 is 0 Å². The summed E-state index contributed by atoms with van der Waals surface area (Å²) >= 11 is 0. The number of carbonyl (C=O) groups is 2. The van der Waals surface area contributed by atoms with Gasteiger partial charge in [0, 0.05) is 0 Å². The molecule has 2 aliphatic heterocycles. The van der Waals surface area contributed by atoms with Gasteiger partial charge in [0.15, 0.2) is 0 Å². The third-order valence-corrected chi connectivity index (χ3v) is 3.34. The molecule has 106 valence electrons. The fourth-order valence-electron chi connectivity index (χ4n) is 2.47. The Hall–Kier alpha value is -1.36. The zero-order valence-electron chi connectivity index (χ0n) is 11.3. The highest BCUT2D eigenvalue weighted by Crippen LogP contribution is 2.40. The molecule has 5 heteroatoms. The molecule has 0 aromatic heterocycles. The molecule has 19 heavy (non-hydrogen) atoms. The molecule has 2 heterocycles. The third-order valence-electron chi connectivity index (χ3n) is 3.34. The van der Waals surface area contributed by atoms with Crippen molar-refractivity contribution in [2.75, 3.05) is 13.2 Å². The van der Waals surface area contributed by atoms with E-state index in [1.54, 1.807) is 0 Å². The number of rotatable bonds is 6. The molecule has 1 fully saturated rings. The van der Waals surface area contributed by atoms with Gasteiger partial charge in [0.25, 0.3) is 0 Å². The Kier molecular flexibility index (Phi) is 4.58. The topological polar surface area (TPSA) is 61.8 Å². The van der Waals surface area contributed by atoms with E-state index in [2.05, 4.69) is 0 Å². The SMILES string of the molecule is CCCOC(=O)C1C2C=CC(O2)C1C(=O)OCCC. The van der Waals surface area contributed by atoms with Gasteiger partial charge >= 0.3 is 11.9 Å². The Morgan fingerprint density at radius 2 is 1.37 bits per heavy atom. The lowest BCUT2D eigenvalue weighted by molar-refractivity contribution is -0.159. The van der Waals surface area contributed by atoms with Gasteiger partial charge in [0.2, 0.25) is 0 Å². The Morgan fingerprint density at radius 1 is 0.947 bits per heavy atom. The Morgan fingerprint density at radius 3 is 1.74 bits per heavy atom. The summed E-state index contributed by atoms with van der Waals surface area (Å²) in [5.74, 6) is -1.86. The van der Waals surface area contributed by atoms with E-state index < -0.39 is 11.8 Å². The maximum Gasteiger partial charge on any atom is 0.312 e. The van der Waals surface area contributed by atoms with Crippen LogP contribution in [0.4, 0.5) is 0 Å². The van der Waals surface area contributed by atoms with Gasteiger partial charge in [-0.15, -0.1) is 0 Å². The molecule has 4 atom stereocenters. The van der Waals surface area contributed by atoms with Crippen LogP contribution in [-0.2, 0) is 23.8 Å². The maximum absolute atomic E-state index is 12.0. The van der Waals surface area contributed by atoms with Crippen molar-refractivity contribution >= 4 is 11.9 Å². The van der Waals surface area contributed by atoms with Crippen LogP contribution in [0.2, 0.25) is 0 Å². The summed E-state index contributed by atoms with van der Waals surface area (Å²) in [5.41, 5.74) is 0. The molecule has 4 unspecified atom stereocenters. The molecule has 0 N–H and O–H groups in total. The molecule has 0 aliphatic carbocycles. The summed E-state index contributed by atoms with van der Waals surface area (Å²) in [6.45, 7) is 4.59. The lowest BCUT2D eigenvalue weighted by atomic mass is 9.83. The lowest BCUT2D eigenvalue weighted by Gasteiger charge is -2.22. The van der Waals surface area contributed by atoms with E-state index in [0.717, 1.165) is 12.8 Å². The molecule has 0 spiro atoms. The molecule has 0 amide bonds. The highest BCUT2D eigenvalue weighted by molar-refractivity contribution is 5.85. The van der Waals surface area contributed by atoms with Gasteiger partial charge < -0.3 is 14.2 Å². The van der Waals surface area contributed by atoms with Crippen LogP contribution in [-0.4, -0.2) is 37.4 Å². The van der Waals surface area contributed by atoms with Crippen LogP contribution in [0.15, 0.2) is 12.2 Å². The Bertz CT molecular complexity index is 342. The second-order valence-electron chi connectivity index (χ2n) is 4.84. The van der Waals surface area contributed by atoms with Gasteiger partial charge in [-0.3, -0.25) is 9.59 Å². The summed E-state index contributed by atoms with van der Waals surface area (Å²) in [6, 6.07) is 0. The molecular weight excluding hydrogens is 248 g/mol. The summed E-state index contributed by atoms with van der Waals surface area (Å²) < 4.78 is 15.9. The van der Waals surface area contributed by atoms with Crippen molar-refractivity contribution in [3.63, 3.8) is 0 Å².